The number of aromatic nitrogens is 2. The van der Waals surface area contributed by atoms with Gasteiger partial charge in [-0.05, 0) is 25.8 Å². The Balaban J connectivity index is 2.02. The van der Waals surface area contributed by atoms with Crippen molar-refractivity contribution >= 4 is 11.6 Å². The quantitative estimate of drug-likeness (QED) is 0.769. The van der Waals surface area contributed by atoms with Crippen molar-refractivity contribution in [2.24, 2.45) is 0 Å². The van der Waals surface area contributed by atoms with Crippen LogP contribution in [0.3, 0.4) is 0 Å². The van der Waals surface area contributed by atoms with Crippen LogP contribution >= 0.6 is 11.6 Å². The van der Waals surface area contributed by atoms with Crippen LogP contribution in [0.1, 0.15) is 36.8 Å². The second-order valence-electron chi connectivity index (χ2n) is 4.11. The molecule has 4 heteroatoms. The fourth-order valence-electron chi connectivity index (χ4n) is 2.57. The number of fused-ring (bicyclic) bond motifs is 1. The Hall–Kier alpha value is -0.540. The predicted molar refractivity (Wildman–Crippen MR) is 55.5 cm³/mol. The Labute approximate surface area is 88.5 Å². The highest BCUT2D eigenvalue weighted by atomic mass is 35.5. The molecule has 0 amide bonds. The molecular weight excluding hydrogens is 198 g/mol. The number of nitrogens with zero attached hydrogens (tertiary/aromatic N) is 2. The third kappa shape index (κ3) is 1.19. The lowest BCUT2D eigenvalue weighted by atomic mass is 10.2. The molecule has 0 radical (unpaired) electrons. The number of aryl methyl sites for hydroxylation is 1. The van der Waals surface area contributed by atoms with Crippen molar-refractivity contribution in [2.75, 3.05) is 6.54 Å². The average molecular weight is 212 g/mol. The van der Waals surface area contributed by atoms with Crippen LogP contribution in [-0.4, -0.2) is 16.1 Å². The summed E-state index contributed by atoms with van der Waals surface area (Å²) in [4.78, 5) is 4.42. The van der Waals surface area contributed by atoms with Crippen molar-refractivity contribution in [3.05, 3.63) is 16.7 Å². The van der Waals surface area contributed by atoms with E-state index < -0.39 is 0 Å². The van der Waals surface area contributed by atoms with Crippen LogP contribution in [0.2, 0.25) is 5.15 Å². The summed E-state index contributed by atoms with van der Waals surface area (Å²) in [6.07, 6.45) is 4.76. The minimum absolute atomic E-state index is 0.446. The van der Waals surface area contributed by atoms with Gasteiger partial charge in [0.15, 0.2) is 5.15 Å². The molecule has 3 nitrogen and oxygen atoms in total. The Morgan fingerprint density at radius 1 is 1.43 bits per heavy atom. The smallest absolute Gasteiger partial charge is 0.152 e. The fourth-order valence-corrected chi connectivity index (χ4v) is 2.90. The molecule has 14 heavy (non-hydrogen) atoms. The predicted octanol–water partition coefficient (Wildman–Crippen LogP) is 1.91. The SMILES string of the molecule is Clc1nc2n(c1C1CCCN1)CCC2. The molecule has 1 atom stereocenters. The molecule has 1 fully saturated rings. The molecule has 0 saturated carbocycles. The van der Waals surface area contributed by atoms with E-state index in [1.54, 1.807) is 0 Å². The molecule has 0 bridgehead atoms. The van der Waals surface area contributed by atoms with Crippen LogP contribution in [0, 0.1) is 0 Å². The molecule has 0 aromatic carbocycles. The zero-order valence-electron chi connectivity index (χ0n) is 8.09. The van der Waals surface area contributed by atoms with E-state index in [-0.39, 0.29) is 0 Å². The van der Waals surface area contributed by atoms with E-state index in [0.29, 0.717) is 6.04 Å². The molecule has 1 N–H and O–H groups in total. The fraction of sp³-hybridized carbons (Fsp3) is 0.700. The van der Waals surface area contributed by atoms with Gasteiger partial charge in [0.1, 0.15) is 5.82 Å². The van der Waals surface area contributed by atoms with Gasteiger partial charge in [0.05, 0.1) is 11.7 Å². The zero-order chi connectivity index (χ0) is 9.54. The van der Waals surface area contributed by atoms with Crippen molar-refractivity contribution < 1.29 is 0 Å². The first kappa shape index (κ1) is 8.74. The van der Waals surface area contributed by atoms with E-state index in [0.717, 1.165) is 24.7 Å². The summed E-state index contributed by atoms with van der Waals surface area (Å²) in [5, 5.41) is 4.21. The van der Waals surface area contributed by atoms with E-state index in [9.17, 15) is 0 Å². The Morgan fingerprint density at radius 2 is 2.36 bits per heavy atom. The number of imidazole rings is 1. The molecule has 1 aromatic rings. The summed E-state index contributed by atoms with van der Waals surface area (Å²) in [7, 11) is 0. The zero-order valence-corrected chi connectivity index (χ0v) is 8.85. The van der Waals surface area contributed by atoms with Crippen LogP contribution < -0.4 is 5.32 Å². The summed E-state index contributed by atoms with van der Waals surface area (Å²) >= 11 is 6.17. The van der Waals surface area contributed by atoms with Crippen LogP contribution in [0.4, 0.5) is 0 Å². The van der Waals surface area contributed by atoms with Gasteiger partial charge >= 0.3 is 0 Å². The maximum atomic E-state index is 6.17. The second-order valence-corrected chi connectivity index (χ2v) is 4.47. The summed E-state index contributed by atoms with van der Waals surface area (Å²) in [6, 6.07) is 0.446. The van der Waals surface area contributed by atoms with Gasteiger partial charge in [-0.3, -0.25) is 0 Å². The monoisotopic (exact) mass is 211 g/mol. The first-order chi connectivity index (χ1) is 6.86. The Kier molecular flexibility index (Phi) is 2.03. The minimum atomic E-state index is 0.446. The molecule has 2 aliphatic rings. The van der Waals surface area contributed by atoms with Gasteiger partial charge in [-0.25, -0.2) is 4.98 Å². The van der Waals surface area contributed by atoms with Crippen molar-refractivity contribution in [1.29, 1.82) is 0 Å². The van der Waals surface area contributed by atoms with Crippen LogP contribution in [0.25, 0.3) is 0 Å². The van der Waals surface area contributed by atoms with Gasteiger partial charge < -0.3 is 9.88 Å². The van der Waals surface area contributed by atoms with Crippen LogP contribution in [0.15, 0.2) is 0 Å². The molecule has 3 heterocycles. The first-order valence-corrected chi connectivity index (χ1v) is 5.72. The van der Waals surface area contributed by atoms with Gasteiger partial charge in [0, 0.05) is 13.0 Å². The standard InChI is InChI=1S/C10H14ClN3/c11-10-9(7-3-1-5-12-7)14-6-2-4-8(14)13-10/h7,12H,1-6H2. The first-order valence-electron chi connectivity index (χ1n) is 5.34. The highest BCUT2D eigenvalue weighted by molar-refractivity contribution is 6.30. The third-order valence-corrected chi connectivity index (χ3v) is 3.49. The highest BCUT2D eigenvalue weighted by Crippen LogP contribution is 2.32. The second kappa shape index (κ2) is 3.24. The summed E-state index contributed by atoms with van der Waals surface area (Å²) in [6.45, 7) is 2.21. The van der Waals surface area contributed by atoms with E-state index in [4.69, 9.17) is 11.6 Å². The molecule has 2 aliphatic heterocycles. The lowest BCUT2D eigenvalue weighted by molar-refractivity contribution is 0.578. The molecule has 0 aliphatic carbocycles. The van der Waals surface area contributed by atoms with E-state index in [1.165, 1.54) is 30.8 Å². The van der Waals surface area contributed by atoms with Crippen molar-refractivity contribution in [2.45, 2.75) is 38.3 Å². The molecule has 0 spiro atoms. The molecule has 1 aromatic heterocycles. The summed E-state index contributed by atoms with van der Waals surface area (Å²) < 4.78 is 2.31. The number of hydrogen-bond donors (Lipinski definition) is 1. The molecule has 3 rings (SSSR count). The van der Waals surface area contributed by atoms with Gasteiger partial charge in [-0.2, -0.15) is 0 Å². The van der Waals surface area contributed by atoms with Gasteiger partial charge in [-0.1, -0.05) is 11.6 Å². The highest BCUT2D eigenvalue weighted by Gasteiger charge is 2.27. The largest absolute Gasteiger partial charge is 0.329 e. The third-order valence-electron chi connectivity index (χ3n) is 3.21. The van der Waals surface area contributed by atoms with E-state index >= 15 is 0 Å². The molecule has 1 saturated heterocycles. The average Bonchev–Trinajstić information content (AvgIpc) is 2.78. The maximum Gasteiger partial charge on any atom is 0.152 e. The van der Waals surface area contributed by atoms with Crippen molar-refractivity contribution in [1.82, 2.24) is 14.9 Å². The van der Waals surface area contributed by atoms with Gasteiger partial charge in [0.2, 0.25) is 0 Å². The number of nitrogens with one attached hydrogen (secondary N) is 1. The normalized spacial score (nSPS) is 25.6. The molecule has 76 valence electrons. The Bertz CT molecular complexity index is 352. The minimum Gasteiger partial charge on any atom is -0.329 e. The summed E-state index contributed by atoms with van der Waals surface area (Å²) in [5.74, 6) is 1.18. The van der Waals surface area contributed by atoms with Gasteiger partial charge in [0.25, 0.3) is 0 Å². The number of halogens is 1. The molecule has 1 unspecified atom stereocenters. The topological polar surface area (TPSA) is 29.9 Å². The van der Waals surface area contributed by atoms with Crippen LogP contribution in [-0.2, 0) is 13.0 Å². The Morgan fingerprint density at radius 3 is 3.14 bits per heavy atom. The maximum absolute atomic E-state index is 6.17. The molecular formula is C10H14ClN3. The van der Waals surface area contributed by atoms with E-state index in [2.05, 4.69) is 14.9 Å². The van der Waals surface area contributed by atoms with Crippen LogP contribution in [0.5, 0.6) is 0 Å². The van der Waals surface area contributed by atoms with Crippen molar-refractivity contribution in [3.63, 3.8) is 0 Å². The summed E-state index contributed by atoms with van der Waals surface area (Å²) in [5.41, 5.74) is 1.23. The lowest BCUT2D eigenvalue weighted by Crippen LogP contribution is -2.16. The van der Waals surface area contributed by atoms with Crippen molar-refractivity contribution in [3.8, 4) is 0 Å². The number of rotatable bonds is 1. The van der Waals surface area contributed by atoms with Gasteiger partial charge in [-0.15, -0.1) is 0 Å². The lowest BCUT2D eigenvalue weighted by Gasteiger charge is -2.12. The van der Waals surface area contributed by atoms with E-state index in [1.807, 2.05) is 0 Å². The number of hydrogen-bond acceptors (Lipinski definition) is 2.